The van der Waals surface area contributed by atoms with E-state index < -0.39 is 5.97 Å². The molecule has 2 rings (SSSR count). The van der Waals surface area contributed by atoms with Gasteiger partial charge in [0.05, 0.1) is 6.61 Å². The third-order valence-electron chi connectivity index (χ3n) is 3.03. The molecular formula is C16H19N3O4. The van der Waals surface area contributed by atoms with E-state index in [0.717, 1.165) is 11.3 Å². The van der Waals surface area contributed by atoms with Gasteiger partial charge in [-0.25, -0.2) is 4.79 Å². The van der Waals surface area contributed by atoms with Crippen LogP contribution in [0.15, 0.2) is 28.8 Å². The summed E-state index contributed by atoms with van der Waals surface area (Å²) in [6, 6.07) is 7.33. The molecule has 23 heavy (non-hydrogen) atoms. The maximum Gasteiger partial charge on any atom is 0.397 e. The van der Waals surface area contributed by atoms with Crippen molar-refractivity contribution >= 4 is 17.6 Å². The molecule has 1 aromatic heterocycles. The molecule has 0 aliphatic heterocycles. The van der Waals surface area contributed by atoms with Crippen LogP contribution in [-0.4, -0.2) is 28.6 Å². The number of esters is 1. The Hall–Kier alpha value is -2.70. The van der Waals surface area contributed by atoms with Crippen LogP contribution in [0.2, 0.25) is 0 Å². The van der Waals surface area contributed by atoms with Crippen molar-refractivity contribution in [3.8, 4) is 0 Å². The highest BCUT2D eigenvalue weighted by molar-refractivity contribution is 5.92. The van der Waals surface area contributed by atoms with Crippen LogP contribution in [0.5, 0.6) is 0 Å². The van der Waals surface area contributed by atoms with Gasteiger partial charge in [-0.05, 0) is 24.6 Å². The van der Waals surface area contributed by atoms with Crippen molar-refractivity contribution in [1.29, 1.82) is 0 Å². The van der Waals surface area contributed by atoms with E-state index >= 15 is 0 Å². The van der Waals surface area contributed by atoms with Crippen LogP contribution >= 0.6 is 0 Å². The zero-order valence-corrected chi connectivity index (χ0v) is 13.3. The molecule has 122 valence electrons. The molecule has 1 N–H and O–H groups in total. The molecule has 0 spiro atoms. The van der Waals surface area contributed by atoms with Gasteiger partial charge in [-0.3, -0.25) is 4.79 Å². The predicted octanol–water partition coefficient (Wildman–Crippen LogP) is 2.43. The Bertz CT molecular complexity index is 677. The van der Waals surface area contributed by atoms with Crippen molar-refractivity contribution < 1.29 is 18.8 Å². The number of anilines is 1. The van der Waals surface area contributed by atoms with E-state index in [1.165, 1.54) is 0 Å². The molecule has 0 bridgehead atoms. The molecule has 7 heteroatoms. The number of benzene rings is 1. The number of aromatic nitrogens is 2. The Morgan fingerprint density at radius 3 is 2.57 bits per heavy atom. The Morgan fingerprint density at radius 2 is 1.96 bits per heavy atom. The lowest BCUT2D eigenvalue weighted by atomic mass is 10.1. The summed E-state index contributed by atoms with van der Waals surface area (Å²) in [6.45, 7) is 5.62. The number of amides is 1. The van der Waals surface area contributed by atoms with Crippen LogP contribution in [0.25, 0.3) is 0 Å². The average molecular weight is 317 g/mol. The second-order valence-corrected chi connectivity index (χ2v) is 5.25. The lowest BCUT2D eigenvalue weighted by molar-refractivity contribution is -0.118. The maximum atomic E-state index is 11.6. The van der Waals surface area contributed by atoms with Gasteiger partial charge in [0, 0.05) is 18.0 Å². The molecule has 0 fully saturated rings. The first-order chi connectivity index (χ1) is 11.0. The van der Waals surface area contributed by atoms with Crippen LogP contribution in [0, 0.1) is 5.92 Å². The minimum absolute atomic E-state index is 0.0324. The molecule has 0 atom stereocenters. The van der Waals surface area contributed by atoms with Crippen LogP contribution in [-0.2, 0) is 16.0 Å². The molecule has 2 aromatic rings. The largest absolute Gasteiger partial charge is 0.459 e. The zero-order valence-electron chi connectivity index (χ0n) is 13.3. The Balaban J connectivity index is 1.98. The van der Waals surface area contributed by atoms with E-state index in [1.54, 1.807) is 6.92 Å². The summed E-state index contributed by atoms with van der Waals surface area (Å²) in [4.78, 5) is 27.1. The highest BCUT2D eigenvalue weighted by Crippen LogP contribution is 2.13. The highest BCUT2D eigenvalue weighted by atomic mass is 16.6. The fraction of sp³-hybridized carbons (Fsp3) is 0.375. The lowest BCUT2D eigenvalue weighted by Crippen LogP contribution is -2.17. The van der Waals surface area contributed by atoms with Gasteiger partial charge in [-0.2, -0.15) is 4.98 Å². The molecule has 0 aliphatic rings. The summed E-state index contributed by atoms with van der Waals surface area (Å²) < 4.78 is 9.65. The molecule has 0 saturated carbocycles. The van der Waals surface area contributed by atoms with Crippen molar-refractivity contribution in [2.24, 2.45) is 5.92 Å². The standard InChI is InChI=1S/C16H19N3O4/c1-4-22-16(21)15-18-13(19-23-15)9-11-5-7-12(8-6-11)17-14(20)10(2)3/h5-8,10H,4,9H2,1-3H3,(H,17,20). The predicted molar refractivity (Wildman–Crippen MR) is 83.0 cm³/mol. The molecule has 1 aromatic carbocycles. The number of ether oxygens (including phenoxy) is 1. The van der Waals surface area contributed by atoms with E-state index in [-0.39, 0.29) is 24.3 Å². The van der Waals surface area contributed by atoms with Crippen molar-refractivity contribution in [2.45, 2.75) is 27.2 Å². The summed E-state index contributed by atoms with van der Waals surface area (Å²) in [7, 11) is 0. The molecule has 0 unspecified atom stereocenters. The number of nitrogens with zero attached hydrogens (tertiary/aromatic N) is 2. The van der Waals surface area contributed by atoms with E-state index in [4.69, 9.17) is 9.26 Å². The van der Waals surface area contributed by atoms with Gasteiger partial charge in [-0.15, -0.1) is 0 Å². The van der Waals surface area contributed by atoms with Gasteiger partial charge < -0.3 is 14.6 Å². The van der Waals surface area contributed by atoms with E-state index in [9.17, 15) is 9.59 Å². The fourth-order valence-corrected chi connectivity index (χ4v) is 1.78. The summed E-state index contributed by atoms with van der Waals surface area (Å²) in [5.41, 5.74) is 1.66. The summed E-state index contributed by atoms with van der Waals surface area (Å²) in [5.74, 6) is -0.488. The SMILES string of the molecule is CCOC(=O)c1nc(Cc2ccc(NC(=O)C(C)C)cc2)no1. The summed E-state index contributed by atoms with van der Waals surface area (Å²) >= 11 is 0. The number of rotatable bonds is 6. The summed E-state index contributed by atoms with van der Waals surface area (Å²) in [5, 5.41) is 6.57. The number of hydrogen-bond donors (Lipinski definition) is 1. The second-order valence-electron chi connectivity index (χ2n) is 5.25. The van der Waals surface area contributed by atoms with E-state index in [1.807, 2.05) is 38.1 Å². The smallest absolute Gasteiger partial charge is 0.397 e. The van der Waals surface area contributed by atoms with Crippen molar-refractivity contribution in [3.63, 3.8) is 0 Å². The molecule has 7 nitrogen and oxygen atoms in total. The Labute approximate surface area is 134 Å². The van der Waals surface area contributed by atoms with Gasteiger partial charge in [0.1, 0.15) is 0 Å². The van der Waals surface area contributed by atoms with Crippen LogP contribution in [0.4, 0.5) is 5.69 Å². The highest BCUT2D eigenvalue weighted by Gasteiger charge is 2.16. The minimum atomic E-state index is -0.627. The van der Waals surface area contributed by atoms with Crippen molar-refractivity contribution in [2.75, 3.05) is 11.9 Å². The summed E-state index contributed by atoms with van der Waals surface area (Å²) in [6.07, 6.45) is 0.418. The quantitative estimate of drug-likeness (QED) is 0.822. The van der Waals surface area contributed by atoms with Gasteiger partial charge >= 0.3 is 11.9 Å². The Morgan fingerprint density at radius 1 is 1.26 bits per heavy atom. The molecule has 1 amide bonds. The lowest BCUT2D eigenvalue weighted by Gasteiger charge is -2.07. The zero-order chi connectivity index (χ0) is 16.8. The van der Waals surface area contributed by atoms with Crippen molar-refractivity contribution in [3.05, 3.63) is 41.5 Å². The normalized spacial score (nSPS) is 10.6. The minimum Gasteiger partial charge on any atom is -0.459 e. The number of carbonyl (C=O) groups is 2. The number of nitrogens with one attached hydrogen (secondary N) is 1. The van der Waals surface area contributed by atoms with Crippen LogP contribution < -0.4 is 5.32 Å². The number of hydrogen-bond acceptors (Lipinski definition) is 6. The third-order valence-corrected chi connectivity index (χ3v) is 3.03. The van der Waals surface area contributed by atoms with Gasteiger partial charge in [0.25, 0.3) is 0 Å². The fourth-order valence-electron chi connectivity index (χ4n) is 1.78. The monoisotopic (exact) mass is 317 g/mol. The van der Waals surface area contributed by atoms with Gasteiger partial charge in [0.2, 0.25) is 5.91 Å². The molecule has 0 saturated heterocycles. The average Bonchev–Trinajstić information content (AvgIpc) is 2.98. The van der Waals surface area contributed by atoms with E-state index in [0.29, 0.717) is 12.2 Å². The topological polar surface area (TPSA) is 94.3 Å². The first kappa shape index (κ1) is 16.7. The van der Waals surface area contributed by atoms with E-state index in [2.05, 4.69) is 15.5 Å². The Kier molecular flexibility index (Phi) is 5.46. The second kappa shape index (κ2) is 7.53. The van der Waals surface area contributed by atoms with Gasteiger partial charge in [0.15, 0.2) is 5.82 Å². The first-order valence-electron chi connectivity index (χ1n) is 7.39. The van der Waals surface area contributed by atoms with Crippen LogP contribution in [0.3, 0.4) is 0 Å². The molecule has 1 heterocycles. The molecule has 0 radical (unpaired) electrons. The van der Waals surface area contributed by atoms with Crippen molar-refractivity contribution in [1.82, 2.24) is 10.1 Å². The third kappa shape index (κ3) is 4.64. The molecule has 0 aliphatic carbocycles. The van der Waals surface area contributed by atoms with Crippen LogP contribution in [0.1, 0.15) is 42.8 Å². The molecular weight excluding hydrogens is 298 g/mol. The first-order valence-corrected chi connectivity index (χ1v) is 7.39. The van der Waals surface area contributed by atoms with Gasteiger partial charge in [-0.1, -0.05) is 31.1 Å². The number of carbonyl (C=O) groups excluding carboxylic acids is 2. The maximum absolute atomic E-state index is 11.6.